The van der Waals surface area contributed by atoms with Crippen LogP contribution in [0.5, 0.6) is 0 Å². The fourth-order valence-electron chi connectivity index (χ4n) is 3.67. The molecule has 2 N–H and O–H groups in total. The molecule has 0 radical (unpaired) electrons. The standard InChI is InChI=1S/C9H15BO3/c11-10(12)9-4-8(5-9,6-9)7-1-2-13-3-7/h7,11-12H,1-6H2. The average molecular weight is 182 g/mol. The first-order chi connectivity index (χ1) is 6.17. The number of rotatable bonds is 2. The normalized spacial score (nSPS) is 52.6. The van der Waals surface area contributed by atoms with Gasteiger partial charge in [0.1, 0.15) is 0 Å². The Hall–Kier alpha value is -0.0551. The second-order valence-corrected chi connectivity index (χ2v) is 5.19. The Kier molecular flexibility index (Phi) is 1.46. The van der Waals surface area contributed by atoms with Gasteiger partial charge in [-0.05, 0) is 37.0 Å². The van der Waals surface area contributed by atoms with E-state index in [-0.39, 0.29) is 5.31 Å². The molecule has 0 aromatic heterocycles. The summed E-state index contributed by atoms with van der Waals surface area (Å²) in [5, 5.41) is 18.2. The molecule has 0 aromatic carbocycles. The second-order valence-electron chi connectivity index (χ2n) is 5.19. The quantitative estimate of drug-likeness (QED) is 0.608. The third-order valence-corrected chi connectivity index (χ3v) is 4.46. The highest BCUT2D eigenvalue weighted by atomic mass is 16.5. The van der Waals surface area contributed by atoms with Crippen LogP contribution in [0.15, 0.2) is 0 Å². The number of hydrogen-bond acceptors (Lipinski definition) is 3. The highest BCUT2D eigenvalue weighted by Crippen LogP contribution is 2.82. The van der Waals surface area contributed by atoms with E-state index < -0.39 is 7.12 Å². The van der Waals surface area contributed by atoms with Gasteiger partial charge >= 0.3 is 7.12 Å². The summed E-state index contributed by atoms with van der Waals surface area (Å²) in [7, 11) is -1.09. The third-order valence-electron chi connectivity index (χ3n) is 4.46. The summed E-state index contributed by atoms with van der Waals surface area (Å²) in [6.07, 6.45) is 4.24. The summed E-state index contributed by atoms with van der Waals surface area (Å²) in [5.41, 5.74) is 0.445. The first-order valence-electron chi connectivity index (χ1n) is 5.11. The lowest BCUT2D eigenvalue weighted by Crippen LogP contribution is -2.66. The van der Waals surface area contributed by atoms with E-state index in [1.807, 2.05) is 0 Å². The van der Waals surface area contributed by atoms with Gasteiger partial charge in [0, 0.05) is 18.5 Å². The van der Waals surface area contributed by atoms with Crippen LogP contribution in [0.4, 0.5) is 0 Å². The van der Waals surface area contributed by atoms with Crippen LogP contribution in [0, 0.1) is 11.3 Å². The van der Waals surface area contributed by atoms with Gasteiger partial charge in [0.25, 0.3) is 0 Å². The molecule has 4 rings (SSSR count). The summed E-state index contributed by atoms with van der Waals surface area (Å²) in [6, 6.07) is 0. The van der Waals surface area contributed by atoms with Gasteiger partial charge in [0.05, 0.1) is 0 Å². The van der Waals surface area contributed by atoms with Crippen molar-refractivity contribution in [3.63, 3.8) is 0 Å². The molecule has 1 unspecified atom stereocenters. The summed E-state index contributed by atoms with van der Waals surface area (Å²) < 4.78 is 5.37. The maximum atomic E-state index is 9.15. The second kappa shape index (κ2) is 2.30. The number of hydrogen-bond donors (Lipinski definition) is 2. The van der Waals surface area contributed by atoms with E-state index >= 15 is 0 Å². The van der Waals surface area contributed by atoms with Crippen molar-refractivity contribution in [2.24, 2.45) is 11.3 Å². The van der Waals surface area contributed by atoms with Gasteiger partial charge in [0.15, 0.2) is 0 Å². The van der Waals surface area contributed by atoms with Crippen molar-refractivity contribution < 1.29 is 14.8 Å². The first kappa shape index (κ1) is 8.27. The molecule has 3 saturated carbocycles. The summed E-state index contributed by atoms with van der Waals surface area (Å²) >= 11 is 0. The van der Waals surface area contributed by atoms with Gasteiger partial charge in [-0.1, -0.05) is 0 Å². The van der Waals surface area contributed by atoms with Crippen molar-refractivity contribution in [3.05, 3.63) is 0 Å². The molecule has 2 bridgehead atoms. The zero-order valence-corrected chi connectivity index (χ0v) is 7.70. The zero-order chi connectivity index (χ0) is 9.10. The van der Waals surface area contributed by atoms with Crippen LogP contribution < -0.4 is 0 Å². The zero-order valence-electron chi connectivity index (χ0n) is 7.70. The Morgan fingerprint density at radius 2 is 1.92 bits per heavy atom. The molecular formula is C9H15BO3. The van der Waals surface area contributed by atoms with Crippen molar-refractivity contribution in [1.29, 1.82) is 0 Å². The van der Waals surface area contributed by atoms with E-state index in [9.17, 15) is 0 Å². The Morgan fingerprint density at radius 1 is 1.23 bits per heavy atom. The van der Waals surface area contributed by atoms with E-state index in [4.69, 9.17) is 14.8 Å². The molecular weight excluding hydrogens is 167 g/mol. The van der Waals surface area contributed by atoms with E-state index in [0.717, 1.165) is 32.5 Å². The van der Waals surface area contributed by atoms with Gasteiger partial charge < -0.3 is 14.8 Å². The predicted molar refractivity (Wildman–Crippen MR) is 48.1 cm³/mol. The molecule has 3 aliphatic carbocycles. The van der Waals surface area contributed by atoms with Crippen LogP contribution in [0.2, 0.25) is 5.31 Å². The molecule has 72 valence electrons. The maximum absolute atomic E-state index is 9.15. The molecule has 13 heavy (non-hydrogen) atoms. The fourth-order valence-corrected chi connectivity index (χ4v) is 3.67. The summed E-state index contributed by atoms with van der Waals surface area (Å²) in [6.45, 7) is 1.80. The van der Waals surface area contributed by atoms with Crippen molar-refractivity contribution in [2.45, 2.75) is 31.0 Å². The Labute approximate surface area is 78.2 Å². The minimum absolute atomic E-state index is 0.109. The molecule has 1 aliphatic heterocycles. The van der Waals surface area contributed by atoms with Gasteiger partial charge in [-0.3, -0.25) is 0 Å². The molecule has 0 spiro atoms. The Balaban J connectivity index is 1.66. The highest BCUT2D eigenvalue weighted by molar-refractivity contribution is 6.46. The lowest BCUT2D eigenvalue weighted by Gasteiger charge is -2.72. The average Bonchev–Trinajstić information content (AvgIpc) is 2.31. The molecule has 1 atom stereocenters. The van der Waals surface area contributed by atoms with Crippen LogP contribution in [0.3, 0.4) is 0 Å². The minimum atomic E-state index is -1.09. The van der Waals surface area contributed by atoms with Gasteiger partial charge in [-0.25, -0.2) is 0 Å². The van der Waals surface area contributed by atoms with Crippen LogP contribution in [0.25, 0.3) is 0 Å². The van der Waals surface area contributed by atoms with Crippen LogP contribution >= 0.6 is 0 Å². The first-order valence-corrected chi connectivity index (χ1v) is 5.11. The smallest absolute Gasteiger partial charge is 0.427 e. The number of ether oxygens (including phenoxy) is 1. The van der Waals surface area contributed by atoms with E-state index in [1.165, 1.54) is 6.42 Å². The molecule has 1 heterocycles. The van der Waals surface area contributed by atoms with E-state index in [0.29, 0.717) is 11.3 Å². The van der Waals surface area contributed by atoms with Gasteiger partial charge in [-0.2, -0.15) is 0 Å². The highest BCUT2D eigenvalue weighted by Gasteiger charge is 2.74. The van der Waals surface area contributed by atoms with Crippen LogP contribution in [-0.2, 0) is 4.74 Å². The van der Waals surface area contributed by atoms with Crippen molar-refractivity contribution in [2.75, 3.05) is 13.2 Å². The lowest BCUT2D eigenvalue weighted by molar-refractivity contribution is -0.150. The van der Waals surface area contributed by atoms with Gasteiger partial charge in [-0.15, -0.1) is 0 Å². The minimum Gasteiger partial charge on any atom is -0.427 e. The molecule has 4 heteroatoms. The molecule has 0 amide bonds. The largest absolute Gasteiger partial charge is 0.458 e. The summed E-state index contributed by atoms with van der Waals surface area (Å²) in [4.78, 5) is 0. The predicted octanol–water partition coefficient (Wildman–Crippen LogP) is 0.420. The molecule has 4 aliphatic rings. The Bertz CT molecular complexity index is 215. The molecule has 0 aromatic rings. The third kappa shape index (κ3) is 0.866. The van der Waals surface area contributed by atoms with Gasteiger partial charge in [0.2, 0.25) is 0 Å². The fraction of sp³-hybridized carbons (Fsp3) is 1.00. The van der Waals surface area contributed by atoms with E-state index in [1.54, 1.807) is 0 Å². The topological polar surface area (TPSA) is 49.7 Å². The Morgan fingerprint density at radius 3 is 2.38 bits per heavy atom. The van der Waals surface area contributed by atoms with Crippen LogP contribution in [0.1, 0.15) is 25.7 Å². The lowest BCUT2D eigenvalue weighted by atomic mass is 9.22. The van der Waals surface area contributed by atoms with Crippen molar-refractivity contribution >= 4 is 7.12 Å². The molecule has 4 fully saturated rings. The maximum Gasteiger partial charge on any atom is 0.458 e. The summed E-state index contributed by atoms with van der Waals surface area (Å²) in [5.74, 6) is 0.702. The van der Waals surface area contributed by atoms with Crippen LogP contribution in [-0.4, -0.2) is 30.4 Å². The molecule has 1 saturated heterocycles. The van der Waals surface area contributed by atoms with Crippen molar-refractivity contribution in [1.82, 2.24) is 0 Å². The van der Waals surface area contributed by atoms with Crippen molar-refractivity contribution in [3.8, 4) is 0 Å². The monoisotopic (exact) mass is 182 g/mol. The SMILES string of the molecule is OB(O)C12CC(C3CCOC3)(C1)C2. The molecule has 3 nitrogen and oxygen atoms in total. The van der Waals surface area contributed by atoms with E-state index in [2.05, 4.69) is 0 Å².